The summed E-state index contributed by atoms with van der Waals surface area (Å²) in [6, 6.07) is 5.20. The van der Waals surface area contributed by atoms with E-state index in [1.807, 2.05) is 6.92 Å². The van der Waals surface area contributed by atoms with Crippen LogP contribution in [0.1, 0.15) is 26.7 Å². The zero-order chi connectivity index (χ0) is 16.8. The van der Waals surface area contributed by atoms with Crippen LogP contribution < -0.4 is 4.72 Å². The van der Waals surface area contributed by atoms with E-state index in [1.165, 1.54) is 18.2 Å². The monoisotopic (exact) mass is 330 g/mol. The van der Waals surface area contributed by atoms with Gasteiger partial charge in [-0.3, -0.25) is 9.52 Å². The summed E-state index contributed by atoms with van der Waals surface area (Å²) in [7, 11) is -2.05. The number of carbonyl (C=O) groups is 1. The summed E-state index contributed by atoms with van der Waals surface area (Å²) in [4.78, 5) is 13.7. The first-order valence-corrected chi connectivity index (χ1v) is 8.91. The van der Waals surface area contributed by atoms with Gasteiger partial charge in [0.2, 0.25) is 15.9 Å². The topological polar surface area (TPSA) is 66.5 Å². The SMILES string of the molecule is CCCCN(C)C(=O)C(C)CS(=O)(=O)Nc1cccc(F)c1. The van der Waals surface area contributed by atoms with Crippen LogP contribution in [0.5, 0.6) is 0 Å². The molecule has 0 saturated carbocycles. The zero-order valence-corrected chi connectivity index (χ0v) is 14.0. The van der Waals surface area contributed by atoms with E-state index in [4.69, 9.17) is 0 Å². The Balaban J connectivity index is 2.65. The van der Waals surface area contributed by atoms with Crippen LogP contribution >= 0.6 is 0 Å². The largest absolute Gasteiger partial charge is 0.346 e. The Morgan fingerprint density at radius 1 is 1.41 bits per heavy atom. The normalized spacial score (nSPS) is 12.7. The lowest BCUT2D eigenvalue weighted by Crippen LogP contribution is -2.36. The fourth-order valence-electron chi connectivity index (χ4n) is 2.06. The van der Waals surface area contributed by atoms with Gasteiger partial charge in [-0.15, -0.1) is 0 Å². The average molecular weight is 330 g/mol. The second-order valence-electron chi connectivity index (χ2n) is 5.41. The first kappa shape index (κ1) is 18.4. The number of nitrogens with one attached hydrogen (secondary N) is 1. The molecule has 0 aromatic heterocycles. The summed E-state index contributed by atoms with van der Waals surface area (Å²) in [5, 5.41) is 0. The van der Waals surface area contributed by atoms with Crippen LogP contribution in [-0.2, 0) is 14.8 Å². The molecule has 7 heteroatoms. The van der Waals surface area contributed by atoms with Gasteiger partial charge in [0, 0.05) is 13.6 Å². The Labute approximate surface area is 131 Å². The molecule has 0 radical (unpaired) electrons. The lowest BCUT2D eigenvalue weighted by Gasteiger charge is -2.21. The number of hydrogen-bond donors (Lipinski definition) is 1. The number of sulfonamides is 1. The molecule has 0 heterocycles. The van der Waals surface area contributed by atoms with Crippen LogP contribution in [0.4, 0.5) is 10.1 Å². The third-order valence-electron chi connectivity index (χ3n) is 3.21. The highest BCUT2D eigenvalue weighted by Crippen LogP contribution is 2.13. The summed E-state index contributed by atoms with van der Waals surface area (Å²) in [6.07, 6.45) is 1.84. The van der Waals surface area contributed by atoms with Crippen molar-refractivity contribution in [1.29, 1.82) is 0 Å². The number of rotatable bonds is 8. The van der Waals surface area contributed by atoms with Crippen molar-refractivity contribution in [3.8, 4) is 0 Å². The van der Waals surface area contributed by atoms with Crippen LogP contribution in [0.3, 0.4) is 0 Å². The molecule has 0 aliphatic heterocycles. The number of halogens is 1. The molecule has 0 aliphatic rings. The van der Waals surface area contributed by atoms with E-state index >= 15 is 0 Å². The second kappa shape index (κ2) is 8.12. The number of carbonyl (C=O) groups excluding carboxylic acids is 1. The molecule has 124 valence electrons. The van der Waals surface area contributed by atoms with Crippen LogP contribution in [-0.4, -0.2) is 38.6 Å². The van der Waals surface area contributed by atoms with Gasteiger partial charge in [0.05, 0.1) is 17.4 Å². The summed E-state index contributed by atoms with van der Waals surface area (Å²) in [6.45, 7) is 4.21. The molecule has 0 saturated heterocycles. The summed E-state index contributed by atoms with van der Waals surface area (Å²) >= 11 is 0. The minimum absolute atomic E-state index is 0.152. The van der Waals surface area contributed by atoms with Gasteiger partial charge in [0.15, 0.2) is 0 Å². The first-order chi connectivity index (χ1) is 10.2. The molecule has 0 spiro atoms. The van der Waals surface area contributed by atoms with Gasteiger partial charge < -0.3 is 4.90 Å². The van der Waals surface area contributed by atoms with Crippen molar-refractivity contribution in [3.63, 3.8) is 0 Å². The first-order valence-electron chi connectivity index (χ1n) is 7.26. The summed E-state index contributed by atoms with van der Waals surface area (Å²) < 4.78 is 39.5. The van der Waals surface area contributed by atoms with Gasteiger partial charge in [-0.05, 0) is 24.6 Å². The van der Waals surface area contributed by atoms with E-state index < -0.39 is 21.8 Å². The molecule has 5 nitrogen and oxygen atoms in total. The van der Waals surface area contributed by atoms with E-state index in [0.717, 1.165) is 18.9 Å². The molecule has 0 bridgehead atoms. The number of nitrogens with zero attached hydrogens (tertiary/aromatic N) is 1. The quantitative estimate of drug-likeness (QED) is 0.796. The number of amides is 1. The van der Waals surface area contributed by atoms with Gasteiger partial charge >= 0.3 is 0 Å². The van der Waals surface area contributed by atoms with Crippen molar-refractivity contribution in [3.05, 3.63) is 30.1 Å². The predicted octanol–water partition coefficient (Wildman–Crippen LogP) is 2.46. The smallest absolute Gasteiger partial charge is 0.233 e. The lowest BCUT2D eigenvalue weighted by molar-refractivity contribution is -0.133. The summed E-state index contributed by atoms with van der Waals surface area (Å²) in [5.74, 6) is -1.73. The average Bonchev–Trinajstić information content (AvgIpc) is 2.42. The highest BCUT2D eigenvalue weighted by Gasteiger charge is 2.24. The highest BCUT2D eigenvalue weighted by molar-refractivity contribution is 7.92. The second-order valence-corrected chi connectivity index (χ2v) is 7.18. The Kier molecular flexibility index (Phi) is 6.80. The number of hydrogen-bond acceptors (Lipinski definition) is 3. The molecule has 0 fully saturated rings. The van der Waals surface area contributed by atoms with Gasteiger partial charge in [-0.2, -0.15) is 0 Å². The van der Waals surface area contributed by atoms with Crippen molar-refractivity contribution in [1.82, 2.24) is 4.90 Å². The van der Waals surface area contributed by atoms with Crippen LogP contribution in [0.15, 0.2) is 24.3 Å². The Bertz CT molecular complexity index is 605. The number of unbranched alkanes of at least 4 members (excludes halogenated alkanes) is 1. The van der Waals surface area contributed by atoms with Gasteiger partial charge in [-0.25, -0.2) is 12.8 Å². The minimum Gasteiger partial charge on any atom is -0.346 e. The standard InChI is InChI=1S/C15H23FN2O3S/c1-4-5-9-18(3)15(19)12(2)11-22(20,21)17-14-8-6-7-13(16)10-14/h6-8,10,12,17H,4-5,9,11H2,1-3H3. The van der Waals surface area contributed by atoms with Gasteiger partial charge in [0.1, 0.15) is 5.82 Å². The predicted molar refractivity (Wildman–Crippen MR) is 85.5 cm³/mol. The molecule has 0 aliphatic carbocycles. The van der Waals surface area contributed by atoms with Gasteiger partial charge in [0.25, 0.3) is 0 Å². The maximum absolute atomic E-state index is 13.1. The third-order valence-corrected chi connectivity index (χ3v) is 4.70. The Hall–Kier alpha value is -1.63. The molecule has 1 amide bonds. The van der Waals surface area contributed by atoms with Crippen molar-refractivity contribution >= 4 is 21.6 Å². The van der Waals surface area contributed by atoms with E-state index in [0.29, 0.717) is 6.54 Å². The Morgan fingerprint density at radius 2 is 2.09 bits per heavy atom. The number of benzene rings is 1. The molecule has 1 unspecified atom stereocenters. The lowest BCUT2D eigenvalue weighted by atomic mass is 10.2. The molecule has 1 N–H and O–H groups in total. The van der Waals surface area contributed by atoms with E-state index in [9.17, 15) is 17.6 Å². The zero-order valence-electron chi connectivity index (χ0n) is 13.2. The van der Waals surface area contributed by atoms with Crippen molar-refractivity contribution in [2.24, 2.45) is 5.92 Å². The Morgan fingerprint density at radius 3 is 2.68 bits per heavy atom. The van der Waals surface area contributed by atoms with E-state index in [1.54, 1.807) is 18.9 Å². The molecule has 1 rings (SSSR count). The van der Waals surface area contributed by atoms with Crippen LogP contribution in [0.2, 0.25) is 0 Å². The third kappa shape index (κ3) is 6.01. The molecule has 1 aromatic carbocycles. The summed E-state index contributed by atoms with van der Waals surface area (Å²) in [5.41, 5.74) is 0.152. The molecule has 1 aromatic rings. The maximum Gasteiger partial charge on any atom is 0.233 e. The van der Waals surface area contributed by atoms with Gasteiger partial charge in [-0.1, -0.05) is 26.3 Å². The highest BCUT2D eigenvalue weighted by atomic mass is 32.2. The number of anilines is 1. The van der Waals surface area contributed by atoms with Crippen molar-refractivity contribution < 1.29 is 17.6 Å². The van der Waals surface area contributed by atoms with E-state index in [2.05, 4.69) is 4.72 Å². The van der Waals surface area contributed by atoms with Crippen LogP contribution in [0.25, 0.3) is 0 Å². The minimum atomic E-state index is -3.71. The van der Waals surface area contributed by atoms with Crippen molar-refractivity contribution in [2.45, 2.75) is 26.7 Å². The fraction of sp³-hybridized carbons (Fsp3) is 0.533. The fourth-order valence-corrected chi connectivity index (χ4v) is 3.43. The van der Waals surface area contributed by atoms with Crippen molar-refractivity contribution in [2.75, 3.05) is 24.1 Å². The maximum atomic E-state index is 13.1. The van der Waals surface area contributed by atoms with E-state index in [-0.39, 0.29) is 17.3 Å². The van der Waals surface area contributed by atoms with Crippen LogP contribution in [0, 0.1) is 11.7 Å². The molecular weight excluding hydrogens is 307 g/mol. The molecular formula is C15H23FN2O3S. The molecule has 1 atom stereocenters. The molecule has 22 heavy (non-hydrogen) atoms.